The van der Waals surface area contributed by atoms with Gasteiger partial charge in [0.2, 0.25) is 5.91 Å². The van der Waals surface area contributed by atoms with Gasteiger partial charge in [-0.1, -0.05) is 24.3 Å². The Morgan fingerprint density at radius 3 is 2.34 bits per heavy atom. The summed E-state index contributed by atoms with van der Waals surface area (Å²) in [5.41, 5.74) is -0.800. The van der Waals surface area contributed by atoms with Crippen LogP contribution in [0.5, 0.6) is 0 Å². The highest BCUT2D eigenvalue weighted by molar-refractivity contribution is 6.05. The number of likely N-dealkylation sites (N-methyl/N-ethyl adjacent to an activating group) is 1. The van der Waals surface area contributed by atoms with Crippen LogP contribution < -0.4 is 9.80 Å². The molecule has 3 aromatic carbocycles. The lowest BCUT2D eigenvalue weighted by Gasteiger charge is -2.41. The Labute approximate surface area is 197 Å². The number of amides is 1. The van der Waals surface area contributed by atoms with Gasteiger partial charge < -0.3 is 14.9 Å². The molecule has 1 heterocycles. The molecule has 0 aromatic heterocycles. The van der Waals surface area contributed by atoms with Gasteiger partial charge in [-0.2, -0.15) is 13.2 Å². The van der Waals surface area contributed by atoms with Crippen molar-refractivity contribution in [3.63, 3.8) is 0 Å². The molecule has 0 fully saturated rings. The molecule has 0 saturated carbocycles. The van der Waals surface area contributed by atoms with Crippen molar-refractivity contribution in [3.8, 4) is 0 Å². The van der Waals surface area contributed by atoms with E-state index in [-0.39, 0.29) is 28.9 Å². The maximum atomic E-state index is 14.9. The average molecular weight is 490 g/mol. The summed E-state index contributed by atoms with van der Waals surface area (Å²) in [5, 5.41) is 9.08. The van der Waals surface area contributed by atoms with E-state index in [2.05, 4.69) is 0 Å². The number of anilines is 2. The van der Waals surface area contributed by atoms with Crippen molar-refractivity contribution in [1.29, 1.82) is 0 Å². The van der Waals surface area contributed by atoms with Crippen LogP contribution in [0.2, 0.25) is 0 Å². The molecular weight excluding hydrogens is 471 g/mol. The largest absolute Gasteiger partial charge is 0.478 e. The number of carboxylic acids is 1. The number of nitrogens with zero attached hydrogens (tertiary/aromatic N) is 2. The Bertz CT molecular complexity index is 1290. The van der Waals surface area contributed by atoms with E-state index in [1.807, 2.05) is 0 Å². The average Bonchev–Trinajstić information content (AvgIpc) is 2.79. The van der Waals surface area contributed by atoms with Crippen molar-refractivity contribution in [2.75, 3.05) is 16.8 Å². The number of carboxylic acid groups (broad SMARTS) is 1. The van der Waals surface area contributed by atoms with Gasteiger partial charge in [0.15, 0.2) is 0 Å². The summed E-state index contributed by atoms with van der Waals surface area (Å²) in [6, 6.07) is 11.0. The quantitative estimate of drug-likeness (QED) is 0.495. The molecule has 0 spiro atoms. The first-order chi connectivity index (χ1) is 16.5. The lowest BCUT2D eigenvalue weighted by Crippen LogP contribution is -2.53. The molecule has 0 saturated heterocycles. The third kappa shape index (κ3) is 4.68. The first kappa shape index (κ1) is 24.2. The number of carbonyl (C=O) groups excluding carboxylic acids is 1. The fraction of sp³-hybridized carbons (Fsp3) is 0.200. The number of alkyl halides is 3. The lowest BCUT2D eigenvalue weighted by atomic mass is 9.97. The molecule has 1 aliphatic heterocycles. The van der Waals surface area contributed by atoms with Crippen molar-refractivity contribution in [1.82, 2.24) is 0 Å². The normalized spacial score (nSPS) is 15.8. The van der Waals surface area contributed by atoms with Crippen LogP contribution in [0, 0.1) is 11.6 Å². The number of halogens is 5. The molecule has 0 bridgehead atoms. The number of benzene rings is 3. The Balaban J connectivity index is 1.75. The van der Waals surface area contributed by atoms with Crippen LogP contribution in [0.25, 0.3) is 0 Å². The van der Waals surface area contributed by atoms with Crippen LogP contribution in [0.4, 0.5) is 33.3 Å². The van der Waals surface area contributed by atoms with Gasteiger partial charge in [-0.3, -0.25) is 4.79 Å². The summed E-state index contributed by atoms with van der Waals surface area (Å²) in [4.78, 5) is 27.1. The minimum Gasteiger partial charge on any atom is -0.478 e. The first-order valence-corrected chi connectivity index (χ1v) is 10.5. The maximum absolute atomic E-state index is 14.9. The highest BCUT2D eigenvalue weighted by Crippen LogP contribution is 2.40. The zero-order valence-electron chi connectivity index (χ0n) is 18.3. The molecule has 1 unspecified atom stereocenters. The summed E-state index contributed by atoms with van der Waals surface area (Å²) in [6.07, 6.45) is -4.81. The third-order valence-corrected chi connectivity index (χ3v) is 5.96. The fourth-order valence-corrected chi connectivity index (χ4v) is 4.21. The third-order valence-electron chi connectivity index (χ3n) is 5.96. The number of rotatable bonds is 5. The predicted molar refractivity (Wildman–Crippen MR) is 118 cm³/mol. The topological polar surface area (TPSA) is 60.9 Å². The first-order valence-electron chi connectivity index (χ1n) is 10.5. The van der Waals surface area contributed by atoms with E-state index in [9.17, 15) is 31.5 Å². The Morgan fingerprint density at radius 2 is 1.71 bits per heavy atom. The molecule has 1 aliphatic rings. The minimum absolute atomic E-state index is 0.0370. The molecule has 4 rings (SSSR count). The summed E-state index contributed by atoms with van der Waals surface area (Å²) in [7, 11) is 1.51. The summed E-state index contributed by atoms with van der Waals surface area (Å²) in [5.74, 6) is -3.43. The van der Waals surface area contributed by atoms with Gasteiger partial charge in [-0.25, -0.2) is 13.6 Å². The predicted octanol–water partition coefficient (Wildman–Crippen LogP) is 5.28. The Kier molecular flexibility index (Phi) is 6.23. The van der Waals surface area contributed by atoms with Gasteiger partial charge in [-0.15, -0.1) is 0 Å². The molecule has 1 amide bonds. The Hall–Kier alpha value is -3.95. The van der Waals surface area contributed by atoms with Crippen molar-refractivity contribution in [2.45, 2.75) is 25.2 Å². The molecule has 0 aliphatic carbocycles. The van der Waals surface area contributed by atoms with E-state index < -0.39 is 47.8 Å². The minimum atomic E-state index is -4.86. The van der Waals surface area contributed by atoms with Crippen molar-refractivity contribution in [2.24, 2.45) is 0 Å². The molecule has 1 atom stereocenters. The highest BCUT2D eigenvalue weighted by atomic mass is 19.4. The highest BCUT2D eigenvalue weighted by Gasteiger charge is 2.40. The van der Waals surface area contributed by atoms with Crippen LogP contribution in [0.1, 0.15) is 27.0 Å². The standard InChI is InChI=1S/C25H19F5N2O3/c1-31-21(11-14-5-7-15(8-6-14)24(34)35)23(33)32(20-4-2-3-19(27)22(20)31)13-16-9-10-17(26)12-18(16)25(28,29)30/h2-10,12,21H,11,13H2,1H3,(H,34,35). The maximum Gasteiger partial charge on any atom is 0.416 e. The van der Waals surface area contributed by atoms with Crippen LogP contribution >= 0.6 is 0 Å². The second-order valence-corrected chi connectivity index (χ2v) is 8.16. The van der Waals surface area contributed by atoms with Crippen molar-refractivity contribution in [3.05, 3.63) is 94.6 Å². The van der Waals surface area contributed by atoms with Gasteiger partial charge in [0, 0.05) is 13.5 Å². The lowest BCUT2D eigenvalue weighted by molar-refractivity contribution is -0.138. The number of aromatic carboxylic acids is 1. The molecule has 1 N–H and O–H groups in total. The van der Waals surface area contributed by atoms with Crippen LogP contribution in [-0.4, -0.2) is 30.1 Å². The molecule has 182 valence electrons. The number of hydrogen-bond acceptors (Lipinski definition) is 3. The van der Waals surface area contributed by atoms with E-state index in [1.165, 1.54) is 54.4 Å². The van der Waals surface area contributed by atoms with Crippen molar-refractivity contribution >= 4 is 23.3 Å². The van der Waals surface area contributed by atoms with E-state index in [4.69, 9.17) is 5.11 Å². The smallest absolute Gasteiger partial charge is 0.416 e. The molecule has 3 aromatic rings. The van der Waals surface area contributed by atoms with Gasteiger partial charge in [0.25, 0.3) is 0 Å². The molecular formula is C25H19F5N2O3. The molecule has 10 heteroatoms. The molecule has 35 heavy (non-hydrogen) atoms. The van der Waals surface area contributed by atoms with E-state index in [0.717, 1.165) is 17.0 Å². The number of hydrogen-bond donors (Lipinski definition) is 1. The van der Waals surface area contributed by atoms with Crippen LogP contribution in [0.15, 0.2) is 60.7 Å². The molecule has 0 radical (unpaired) electrons. The SMILES string of the molecule is CN1c2c(F)cccc2N(Cc2ccc(F)cc2C(F)(F)F)C(=O)C1Cc1ccc(C(=O)O)cc1. The molecule has 5 nitrogen and oxygen atoms in total. The van der Waals surface area contributed by atoms with Crippen molar-refractivity contribution < 1.29 is 36.6 Å². The van der Waals surface area contributed by atoms with Gasteiger partial charge in [0.05, 0.1) is 29.0 Å². The number of carbonyl (C=O) groups is 2. The second kappa shape index (κ2) is 9.01. The van der Waals surface area contributed by atoms with Crippen LogP contribution in [-0.2, 0) is 23.9 Å². The van der Waals surface area contributed by atoms with Crippen LogP contribution in [0.3, 0.4) is 0 Å². The summed E-state index contributed by atoms with van der Waals surface area (Å²) >= 11 is 0. The fourth-order valence-electron chi connectivity index (χ4n) is 4.21. The van der Waals surface area contributed by atoms with Gasteiger partial charge in [-0.05, 0) is 47.5 Å². The Morgan fingerprint density at radius 1 is 1.03 bits per heavy atom. The van der Waals surface area contributed by atoms with Gasteiger partial charge in [0.1, 0.15) is 17.7 Å². The summed E-state index contributed by atoms with van der Waals surface area (Å²) in [6.45, 7) is -0.549. The number of para-hydroxylation sites is 1. The number of fused-ring (bicyclic) bond motifs is 1. The zero-order chi connectivity index (χ0) is 25.5. The van der Waals surface area contributed by atoms with Gasteiger partial charge >= 0.3 is 12.1 Å². The van der Waals surface area contributed by atoms with E-state index >= 15 is 0 Å². The second-order valence-electron chi connectivity index (χ2n) is 8.16. The van der Waals surface area contributed by atoms with E-state index in [1.54, 1.807) is 0 Å². The summed E-state index contributed by atoms with van der Waals surface area (Å²) < 4.78 is 69.2. The zero-order valence-corrected chi connectivity index (χ0v) is 18.3. The monoisotopic (exact) mass is 490 g/mol. The van der Waals surface area contributed by atoms with E-state index in [0.29, 0.717) is 11.6 Å².